The van der Waals surface area contributed by atoms with Crippen molar-refractivity contribution in [2.45, 2.75) is 13.0 Å². The number of aliphatic hydroxyl groups excluding tert-OH is 1. The Hall–Kier alpha value is -1.43. The van der Waals surface area contributed by atoms with Crippen molar-refractivity contribution in [2.75, 3.05) is 24.2 Å². The second-order valence-electron chi connectivity index (χ2n) is 2.87. The van der Waals surface area contributed by atoms with Crippen LogP contribution in [0.3, 0.4) is 0 Å². The molecule has 0 radical (unpaired) electrons. The third-order valence-electron chi connectivity index (χ3n) is 1.53. The molecular formula is C8H13FN4O. The van der Waals surface area contributed by atoms with Crippen LogP contribution in [0.5, 0.6) is 0 Å². The predicted molar refractivity (Wildman–Crippen MR) is 51.7 cm³/mol. The van der Waals surface area contributed by atoms with Gasteiger partial charge in [0.1, 0.15) is 0 Å². The number of hydrogen-bond donors (Lipinski definition) is 3. The van der Waals surface area contributed by atoms with Gasteiger partial charge < -0.3 is 15.7 Å². The van der Waals surface area contributed by atoms with E-state index in [4.69, 9.17) is 5.11 Å². The van der Waals surface area contributed by atoms with Crippen molar-refractivity contribution in [3.05, 3.63) is 12.0 Å². The summed E-state index contributed by atoms with van der Waals surface area (Å²) in [6.45, 7) is 1.85. The molecule has 1 unspecified atom stereocenters. The van der Waals surface area contributed by atoms with Crippen molar-refractivity contribution < 1.29 is 9.50 Å². The van der Waals surface area contributed by atoms with Gasteiger partial charge in [-0.1, -0.05) is 0 Å². The van der Waals surface area contributed by atoms with Crippen LogP contribution in [0, 0.1) is 5.82 Å². The number of rotatable bonds is 4. The summed E-state index contributed by atoms with van der Waals surface area (Å²) in [4.78, 5) is 7.53. The summed E-state index contributed by atoms with van der Waals surface area (Å²) in [6, 6.07) is 0. The van der Waals surface area contributed by atoms with Gasteiger partial charge in [0.25, 0.3) is 0 Å². The Kier molecular flexibility index (Phi) is 3.58. The summed E-state index contributed by atoms with van der Waals surface area (Å²) in [5.41, 5.74) is 0. The molecule has 0 aliphatic rings. The van der Waals surface area contributed by atoms with Crippen LogP contribution in [0.4, 0.5) is 16.2 Å². The second-order valence-corrected chi connectivity index (χ2v) is 2.87. The minimum absolute atomic E-state index is 0.0882. The average Bonchev–Trinajstić information content (AvgIpc) is 2.16. The molecule has 0 saturated carbocycles. The van der Waals surface area contributed by atoms with Crippen LogP contribution in [-0.4, -0.2) is 34.8 Å². The molecule has 0 bridgehead atoms. The highest BCUT2D eigenvalue weighted by molar-refractivity contribution is 5.40. The summed E-state index contributed by atoms with van der Waals surface area (Å²) >= 11 is 0. The molecule has 1 rings (SSSR count). The van der Waals surface area contributed by atoms with Gasteiger partial charge in [-0.05, 0) is 6.92 Å². The zero-order valence-electron chi connectivity index (χ0n) is 8.08. The lowest BCUT2D eigenvalue weighted by Crippen LogP contribution is -2.17. The molecule has 0 fully saturated rings. The van der Waals surface area contributed by atoms with E-state index in [0.717, 1.165) is 6.20 Å². The molecule has 3 N–H and O–H groups in total. The standard InChI is InChI=1S/C8H13FN4O/c1-5(14)3-11-7-6(9)4-12-8(10-2)13-7/h4-5,14H,3H2,1-2H3,(H2,10,11,12,13). The Morgan fingerprint density at radius 1 is 1.64 bits per heavy atom. The van der Waals surface area contributed by atoms with E-state index in [2.05, 4.69) is 20.6 Å². The number of anilines is 2. The topological polar surface area (TPSA) is 70.1 Å². The Morgan fingerprint density at radius 2 is 2.36 bits per heavy atom. The van der Waals surface area contributed by atoms with E-state index < -0.39 is 11.9 Å². The van der Waals surface area contributed by atoms with Crippen molar-refractivity contribution >= 4 is 11.8 Å². The van der Waals surface area contributed by atoms with Crippen LogP contribution < -0.4 is 10.6 Å². The molecule has 1 atom stereocenters. The first kappa shape index (κ1) is 10.6. The lowest BCUT2D eigenvalue weighted by molar-refractivity contribution is 0.208. The van der Waals surface area contributed by atoms with Crippen LogP contribution >= 0.6 is 0 Å². The van der Waals surface area contributed by atoms with E-state index >= 15 is 0 Å². The number of hydrogen-bond acceptors (Lipinski definition) is 5. The molecule has 0 saturated heterocycles. The van der Waals surface area contributed by atoms with Crippen molar-refractivity contribution in [3.63, 3.8) is 0 Å². The first-order chi connectivity index (χ1) is 6.63. The largest absolute Gasteiger partial charge is 0.392 e. The summed E-state index contributed by atoms with van der Waals surface area (Å²) in [5.74, 6) is -0.116. The summed E-state index contributed by atoms with van der Waals surface area (Å²) in [5, 5.41) is 14.3. The van der Waals surface area contributed by atoms with Gasteiger partial charge in [-0.25, -0.2) is 9.37 Å². The molecular weight excluding hydrogens is 187 g/mol. The van der Waals surface area contributed by atoms with E-state index in [1.807, 2.05) is 0 Å². The zero-order chi connectivity index (χ0) is 10.6. The van der Waals surface area contributed by atoms with Crippen molar-refractivity contribution in [1.29, 1.82) is 0 Å². The van der Waals surface area contributed by atoms with Gasteiger partial charge in [-0.15, -0.1) is 0 Å². The minimum atomic E-state index is -0.553. The van der Waals surface area contributed by atoms with E-state index in [1.165, 1.54) is 0 Å². The Morgan fingerprint density at radius 3 is 2.93 bits per heavy atom. The molecule has 1 aromatic rings. The normalized spacial score (nSPS) is 12.3. The molecule has 5 nitrogen and oxygen atoms in total. The molecule has 0 aliphatic heterocycles. The van der Waals surface area contributed by atoms with Gasteiger partial charge >= 0.3 is 0 Å². The van der Waals surface area contributed by atoms with E-state index in [0.29, 0.717) is 5.95 Å². The van der Waals surface area contributed by atoms with Crippen LogP contribution in [0.15, 0.2) is 6.20 Å². The van der Waals surface area contributed by atoms with Crippen LogP contribution in [0.25, 0.3) is 0 Å². The smallest absolute Gasteiger partial charge is 0.224 e. The van der Waals surface area contributed by atoms with Gasteiger partial charge in [0, 0.05) is 13.6 Å². The predicted octanol–water partition coefficient (Wildman–Crippen LogP) is 0.450. The molecule has 14 heavy (non-hydrogen) atoms. The van der Waals surface area contributed by atoms with Crippen LogP contribution in [0.2, 0.25) is 0 Å². The SMILES string of the molecule is CNc1ncc(F)c(NCC(C)O)n1. The van der Waals surface area contributed by atoms with Crippen LogP contribution in [0.1, 0.15) is 6.92 Å². The van der Waals surface area contributed by atoms with Crippen molar-refractivity contribution in [3.8, 4) is 0 Å². The lowest BCUT2D eigenvalue weighted by atomic mass is 10.4. The van der Waals surface area contributed by atoms with Crippen LogP contribution in [-0.2, 0) is 0 Å². The minimum Gasteiger partial charge on any atom is -0.392 e. The van der Waals surface area contributed by atoms with E-state index in [-0.39, 0.29) is 12.4 Å². The Balaban J connectivity index is 2.73. The van der Waals surface area contributed by atoms with Gasteiger partial charge in [-0.3, -0.25) is 0 Å². The maximum atomic E-state index is 13.1. The molecule has 0 aliphatic carbocycles. The molecule has 0 amide bonds. The fourth-order valence-electron chi connectivity index (χ4n) is 0.856. The third-order valence-corrected chi connectivity index (χ3v) is 1.53. The highest BCUT2D eigenvalue weighted by atomic mass is 19.1. The maximum Gasteiger partial charge on any atom is 0.224 e. The molecule has 1 heterocycles. The quantitative estimate of drug-likeness (QED) is 0.658. The summed E-state index contributed by atoms with van der Waals surface area (Å²) in [6.07, 6.45) is 0.519. The molecule has 6 heteroatoms. The Bertz CT molecular complexity index is 305. The van der Waals surface area contributed by atoms with Gasteiger partial charge in [0.2, 0.25) is 5.95 Å². The molecule has 78 valence electrons. The number of aromatic nitrogens is 2. The lowest BCUT2D eigenvalue weighted by Gasteiger charge is -2.08. The molecule has 0 aromatic carbocycles. The molecule has 1 aromatic heterocycles. The number of nitrogens with zero attached hydrogens (tertiary/aromatic N) is 2. The monoisotopic (exact) mass is 200 g/mol. The van der Waals surface area contributed by atoms with Gasteiger partial charge in [0.05, 0.1) is 12.3 Å². The molecule has 0 spiro atoms. The fourth-order valence-corrected chi connectivity index (χ4v) is 0.856. The number of nitrogens with one attached hydrogen (secondary N) is 2. The Labute approximate surface area is 81.4 Å². The zero-order valence-corrected chi connectivity index (χ0v) is 8.08. The highest BCUT2D eigenvalue weighted by Crippen LogP contribution is 2.10. The fraction of sp³-hybridized carbons (Fsp3) is 0.500. The summed E-state index contributed by atoms with van der Waals surface area (Å²) < 4.78 is 13.1. The highest BCUT2D eigenvalue weighted by Gasteiger charge is 2.06. The first-order valence-electron chi connectivity index (χ1n) is 4.25. The summed E-state index contributed by atoms with van der Waals surface area (Å²) in [7, 11) is 1.64. The third kappa shape index (κ3) is 2.81. The van der Waals surface area contributed by atoms with Gasteiger partial charge in [0.15, 0.2) is 11.6 Å². The first-order valence-corrected chi connectivity index (χ1v) is 4.25. The van der Waals surface area contributed by atoms with E-state index in [9.17, 15) is 4.39 Å². The number of halogens is 1. The van der Waals surface area contributed by atoms with E-state index in [1.54, 1.807) is 14.0 Å². The average molecular weight is 200 g/mol. The van der Waals surface area contributed by atoms with Gasteiger partial charge in [-0.2, -0.15) is 4.98 Å². The maximum absolute atomic E-state index is 13.1. The van der Waals surface area contributed by atoms with Crippen molar-refractivity contribution in [2.24, 2.45) is 0 Å². The number of aliphatic hydroxyl groups is 1. The van der Waals surface area contributed by atoms with Crippen molar-refractivity contribution in [1.82, 2.24) is 9.97 Å². The second kappa shape index (κ2) is 4.71.